The van der Waals surface area contributed by atoms with Crippen molar-refractivity contribution in [3.05, 3.63) is 64.6 Å². The van der Waals surface area contributed by atoms with Gasteiger partial charge in [0.15, 0.2) is 5.69 Å². The SMILES string of the molecule is C[C@@H](O)[C@H](NC(=O)Cn1nc(C(N)=O)c2ccccc21)C(=O)NCc1cccc(Cl)c1F. The van der Waals surface area contributed by atoms with Gasteiger partial charge in [0.25, 0.3) is 5.91 Å². The Morgan fingerprint density at radius 1 is 1.22 bits per heavy atom. The Balaban J connectivity index is 1.70. The molecule has 0 saturated heterocycles. The number of benzene rings is 2. The fraction of sp³-hybridized carbons (Fsp3) is 0.238. The Labute approximate surface area is 187 Å². The van der Waals surface area contributed by atoms with Crippen molar-refractivity contribution >= 4 is 40.2 Å². The Kier molecular flexibility index (Phi) is 7.06. The number of halogens is 2. The molecule has 11 heteroatoms. The van der Waals surface area contributed by atoms with E-state index in [2.05, 4.69) is 15.7 Å². The van der Waals surface area contributed by atoms with Gasteiger partial charge in [-0.05, 0) is 19.1 Å². The lowest BCUT2D eigenvalue weighted by Crippen LogP contribution is -2.53. The van der Waals surface area contributed by atoms with Crippen LogP contribution in [0.2, 0.25) is 5.02 Å². The zero-order valence-electron chi connectivity index (χ0n) is 17.0. The molecule has 0 unspecified atom stereocenters. The maximum Gasteiger partial charge on any atom is 0.269 e. The first kappa shape index (κ1) is 23.2. The van der Waals surface area contributed by atoms with Gasteiger partial charge < -0.3 is 21.5 Å². The first-order valence-electron chi connectivity index (χ1n) is 9.62. The van der Waals surface area contributed by atoms with Crippen LogP contribution in [0.3, 0.4) is 0 Å². The molecule has 168 valence electrons. The number of carbonyl (C=O) groups is 3. The van der Waals surface area contributed by atoms with Gasteiger partial charge in [0.05, 0.1) is 16.6 Å². The number of aliphatic hydroxyl groups is 1. The van der Waals surface area contributed by atoms with Crippen molar-refractivity contribution in [3.8, 4) is 0 Å². The molecule has 0 radical (unpaired) electrons. The summed E-state index contributed by atoms with van der Waals surface area (Å²) in [6.45, 7) is 0.822. The van der Waals surface area contributed by atoms with Crippen LogP contribution in [-0.4, -0.2) is 44.8 Å². The molecule has 5 N–H and O–H groups in total. The number of primary amides is 1. The molecule has 3 rings (SSSR count). The van der Waals surface area contributed by atoms with E-state index in [0.717, 1.165) is 0 Å². The summed E-state index contributed by atoms with van der Waals surface area (Å²) in [6, 6.07) is 9.80. The molecule has 0 aliphatic carbocycles. The molecule has 9 nitrogen and oxygen atoms in total. The molecule has 2 aromatic carbocycles. The number of hydrogen-bond donors (Lipinski definition) is 4. The van der Waals surface area contributed by atoms with Crippen LogP contribution >= 0.6 is 11.6 Å². The highest BCUT2D eigenvalue weighted by molar-refractivity contribution is 6.30. The van der Waals surface area contributed by atoms with Crippen LogP contribution in [0, 0.1) is 5.82 Å². The molecule has 0 aliphatic rings. The van der Waals surface area contributed by atoms with Crippen LogP contribution in [-0.2, 0) is 22.7 Å². The Morgan fingerprint density at radius 3 is 2.62 bits per heavy atom. The molecule has 1 heterocycles. The number of nitrogens with two attached hydrogens (primary N) is 1. The van der Waals surface area contributed by atoms with Crippen molar-refractivity contribution in [3.63, 3.8) is 0 Å². The number of aromatic nitrogens is 2. The number of aliphatic hydroxyl groups excluding tert-OH is 1. The van der Waals surface area contributed by atoms with Crippen molar-refractivity contribution in [2.45, 2.75) is 32.2 Å². The van der Waals surface area contributed by atoms with Crippen molar-refractivity contribution in [1.29, 1.82) is 0 Å². The van der Waals surface area contributed by atoms with E-state index in [0.29, 0.717) is 10.9 Å². The summed E-state index contributed by atoms with van der Waals surface area (Å²) in [5.41, 5.74) is 6.03. The summed E-state index contributed by atoms with van der Waals surface area (Å²) in [6.07, 6.45) is -1.24. The van der Waals surface area contributed by atoms with Crippen LogP contribution in [0.1, 0.15) is 23.0 Å². The van der Waals surface area contributed by atoms with E-state index in [9.17, 15) is 23.9 Å². The molecule has 0 bridgehead atoms. The number of carbonyl (C=O) groups excluding carboxylic acids is 3. The van der Waals surface area contributed by atoms with Gasteiger partial charge in [0.2, 0.25) is 11.8 Å². The highest BCUT2D eigenvalue weighted by Gasteiger charge is 2.26. The van der Waals surface area contributed by atoms with Gasteiger partial charge in [-0.1, -0.05) is 41.9 Å². The smallest absolute Gasteiger partial charge is 0.269 e. The van der Waals surface area contributed by atoms with Crippen LogP contribution in [0.25, 0.3) is 10.9 Å². The minimum atomic E-state index is -1.30. The number of para-hydroxylation sites is 1. The number of hydrogen-bond acceptors (Lipinski definition) is 5. The molecule has 0 spiro atoms. The topological polar surface area (TPSA) is 139 Å². The Bertz CT molecular complexity index is 1180. The lowest BCUT2D eigenvalue weighted by molar-refractivity contribution is -0.132. The Morgan fingerprint density at radius 2 is 1.94 bits per heavy atom. The molecular formula is C21H21ClFN5O4. The number of amides is 3. The number of rotatable bonds is 8. The average Bonchev–Trinajstić information content (AvgIpc) is 3.11. The number of nitrogens with zero attached hydrogens (tertiary/aromatic N) is 2. The first-order chi connectivity index (χ1) is 15.2. The second kappa shape index (κ2) is 9.75. The lowest BCUT2D eigenvalue weighted by atomic mass is 10.1. The third kappa shape index (κ3) is 5.04. The lowest BCUT2D eigenvalue weighted by Gasteiger charge is -2.21. The summed E-state index contributed by atoms with van der Waals surface area (Å²) < 4.78 is 15.3. The largest absolute Gasteiger partial charge is 0.391 e. The number of nitrogens with one attached hydrogen (secondary N) is 2. The maximum atomic E-state index is 14.0. The van der Waals surface area contributed by atoms with Gasteiger partial charge in [-0.15, -0.1) is 0 Å². The summed E-state index contributed by atoms with van der Waals surface area (Å²) in [7, 11) is 0. The monoisotopic (exact) mass is 461 g/mol. The number of fused-ring (bicyclic) bond motifs is 1. The van der Waals surface area contributed by atoms with Crippen molar-refractivity contribution < 1.29 is 23.9 Å². The zero-order chi connectivity index (χ0) is 23.4. The third-order valence-electron chi connectivity index (χ3n) is 4.75. The summed E-state index contributed by atoms with van der Waals surface area (Å²) in [5, 5.41) is 19.4. The van der Waals surface area contributed by atoms with Crippen molar-refractivity contribution in [2.24, 2.45) is 5.73 Å². The predicted molar refractivity (Wildman–Crippen MR) is 115 cm³/mol. The van der Waals surface area contributed by atoms with Crippen molar-refractivity contribution in [1.82, 2.24) is 20.4 Å². The second-order valence-corrected chi connectivity index (χ2v) is 7.51. The average molecular weight is 462 g/mol. The quantitative estimate of drug-likeness (QED) is 0.398. The molecule has 1 aromatic heterocycles. The predicted octanol–water partition coefficient (Wildman–Crippen LogP) is 1.11. The molecule has 0 saturated carbocycles. The minimum absolute atomic E-state index is 0.0155. The van der Waals surface area contributed by atoms with Gasteiger partial charge in [-0.2, -0.15) is 5.10 Å². The van der Waals surface area contributed by atoms with E-state index in [4.69, 9.17) is 17.3 Å². The zero-order valence-corrected chi connectivity index (χ0v) is 17.8. The van der Waals surface area contributed by atoms with E-state index in [1.165, 1.54) is 29.8 Å². The van der Waals surface area contributed by atoms with Crippen LogP contribution in [0.15, 0.2) is 42.5 Å². The van der Waals surface area contributed by atoms with E-state index in [1.807, 2.05) is 0 Å². The van der Waals surface area contributed by atoms with Gasteiger partial charge in [0, 0.05) is 17.5 Å². The molecule has 2 atom stereocenters. The standard InChI is InChI=1S/C21H21ClFN5O4/c1-11(29)18(21(32)25-9-12-5-4-7-14(22)17(12)23)26-16(30)10-28-15-8-3-2-6-13(15)19(27-28)20(24)31/h2-8,11,18,29H,9-10H2,1H3,(H2,24,31)(H,25,32)(H,26,30)/t11-,18+/m1/s1. The van der Waals surface area contributed by atoms with E-state index < -0.39 is 35.7 Å². The summed E-state index contributed by atoms with van der Waals surface area (Å²) in [5.74, 6) is -2.75. The molecule has 32 heavy (non-hydrogen) atoms. The van der Waals surface area contributed by atoms with Crippen LogP contribution < -0.4 is 16.4 Å². The Hall–Kier alpha value is -3.50. The fourth-order valence-electron chi connectivity index (χ4n) is 3.17. The summed E-state index contributed by atoms with van der Waals surface area (Å²) in [4.78, 5) is 36.7. The normalized spacial score (nSPS) is 12.9. The van der Waals surface area contributed by atoms with Gasteiger partial charge in [-0.3, -0.25) is 19.1 Å². The minimum Gasteiger partial charge on any atom is -0.391 e. The van der Waals surface area contributed by atoms with Gasteiger partial charge in [0.1, 0.15) is 18.4 Å². The second-order valence-electron chi connectivity index (χ2n) is 7.10. The molecule has 0 aliphatic heterocycles. The van der Waals surface area contributed by atoms with E-state index >= 15 is 0 Å². The first-order valence-corrected chi connectivity index (χ1v) is 10.00. The summed E-state index contributed by atoms with van der Waals surface area (Å²) >= 11 is 5.73. The van der Waals surface area contributed by atoms with Gasteiger partial charge in [-0.25, -0.2) is 4.39 Å². The maximum absolute atomic E-state index is 14.0. The van der Waals surface area contributed by atoms with E-state index in [-0.39, 0.29) is 29.4 Å². The molecule has 3 aromatic rings. The van der Waals surface area contributed by atoms with E-state index in [1.54, 1.807) is 24.3 Å². The highest BCUT2D eigenvalue weighted by Crippen LogP contribution is 2.19. The van der Waals surface area contributed by atoms with Gasteiger partial charge >= 0.3 is 0 Å². The fourth-order valence-corrected chi connectivity index (χ4v) is 3.36. The van der Waals surface area contributed by atoms with Crippen molar-refractivity contribution in [2.75, 3.05) is 0 Å². The molecule has 0 fully saturated rings. The highest BCUT2D eigenvalue weighted by atomic mass is 35.5. The molecule has 3 amide bonds. The van der Waals surface area contributed by atoms with Crippen LogP contribution in [0.4, 0.5) is 4.39 Å². The van der Waals surface area contributed by atoms with Crippen LogP contribution in [0.5, 0.6) is 0 Å². The third-order valence-corrected chi connectivity index (χ3v) is 5.04. The molecular weight excluding hydrogens is 441 g/mol.